The van der Waals surface area contributed by atoms with Crippen LogP contribution in [0.2, 0.25) is 0 Å². The first-order valence-electron chi connectivity index (χ1n) is 7.22. The van der Waals surface area contributed by atoms with Gasteiger partial charge in [-0.25, -0.2) is 9.97 Å². The molecule has 110 valence electrons. The molecule has 0 aliphatic heterocycles. The second-order valence-corrected chi connectivity index (χ2v) is 5.19. The summed E-state index contributed by atoms with van der Waals surface area (Å²) in [7, 11) is 1.91. The molecule has 6 nitrogen and oxygen atoms in total. The second-order valence-electron chi connectivity index (χ2n) is 5.19. The number of anilines is 1. The summed E-state index contributed by atoms with van der Waals surface area (Å²) < 4.78 is 3.98. The van der Waals surface area contributed by atoms with Gasteiger partial charge in [0.15, 0.2) is 5.65 Å². The predicted octanol–water partition coefficient (Wildman–Crippen LogP) is 2.50. The van der Waals surface area contributed by atoms with E-state index in [4.69, 9.17) is 0 Å². The SMILES string of the molecule is CCCn1ccnc1CNc1cnc2c(c1)c(C)nn2C. The maximum absolute atomic E-state index is 4.47. The summed E-state index contributed by atoms with van der Waals surface area (Å²) in [6.45, 7) is 5.86. The number of hydrogen-bond acceptors (Lipinski definition) is 4. The molecule has 0 saturated carbocycles. The minimum absolute atomic E-state index is 0.694. The van der Waals surface area contributed by atoms with Gasteiger partial charge in [-0.05, 0) is 19.4 Å². The highest BCUT2D eigenvalue weighted by Gasteiger charge is 2.07. The fourth-order valence-corrected chi connectivity index (χ4v) is 2.54. The lowest BCUT2D eigenvalue weighted by atomic mass is 10.2. The summed E-state index contributed by atoms with van der Waals surface area (Å²) in [5, 5.41) is 8.86. The van der Waals surface area contributed by atoms with Crippen LogP contribution in [0.25, 0.3) is 11.0 Å². The van der Waals surface area contributed by atoms with Gasteiger partial charge >= 0.3 is 0 Å². The van der Waals surface area contributed by atoms with Gasteiger partial charge in [0.1, 0.15) is 5.82 Å². The zero-order chi connectivity index (χ0) is 14.8. The van der Waals surface area contributed by atoms with Crippen molar-refractivity contribution in [1.82, 2.24) is 24.3 Å². The monoisotopic (exact) mass is 284 g/mol. The van der Waals surface area contributed by atoms with Crippen LogP contribution in [0.5, 0.6) is 0 Å². The molecule has 0 unspecified atom stereocenters. The number of hydrogen-bond donors (Lipinski definition) is 1. The van der Waals surface area contributed by atoms with Crippen molar-refractivity contribution in [3.63, 3.8) is 0 Å². The number of aryl methyl sites for hydroxylation is 3. The molecule has 0 fully saturated rings. The molecule has 6 heteroatoms. The van der Waals surface area contributed by atoms with Gasteiger partial charge in [0.25, 0.3) is 0 Å². The van der Waals surface area contributed by atoms with Crippen molar-refractivity contribution in [2.24, 2.45) is 7.05 Å². The van der Waals surface area contributed by atoms with E-state index in [1.807, 2.05) is 37.2 Å². The first-order valence-corrected chi connectivity index (χ1v) is 7.22. The van der Waals surface area contributed by atoms with Crippen LogP contribution >= 0.6 is 0 Å². The highest BCUT2D eigenvalue weighted by atomic mass is 15.3. The summed E-state index contributed by atoms with van der Waals surface area (Å²) in [5.41, 5.74) is 2.89. The molecule has 3 aromatic heterocycles. The molecule has 0 spiro atoms. The fraction of sp³-hybridized carbons (Fsp3) is 0.400. The van der Waals surface area contributed by atoms with Crippen molar-refractivity contribution in [1.29, 1.82) is 0 Å². The van der Waals surface area contributed by atoms with E-state index in [-0.39, 0.29) is 0 Å². The zero-order valence-corrected chi connectivity index (χ0v) is 12.7. The molecule has 0 aliphatic rings. The van der Waals surface area contributed by atoms with Gasteiger partial charge in [0, 0.05) is 31.4 Å². The average Bonchev–Trinajstić information content (AvgIpc) is 3.03. The Kier molecular flexibility index (Phi) is 3.60. The Morgan fingerprint density at radius 1 is 1.29 bits per heavy atom. The van der Waals surface area contributed by atoms with Gasteiger partial charge in [-0.1, -0.05) is 6.92 Å². The Hall–Kier alpha value is -2.37. The van der Waals surface area contributed by atoms with Gasteiger partial charge in [-0.15, -0.1) is 0 Å². The summed E-state index contributed by atoms with van der Waals surface area (Å²) in [4.78, 5) is 8.87. The molecule has 0 aromatic carbocycles. The van der Waals surface area contributed by atoms with Crippen LogP contribution in [0.3, 0.4) is 0 Å². The summed E-state index contributed by atoms with van der Waals surface area (Å²) in [6, 6.07) is 2.10. The van der Waals surface area contributed by atoms with Crippen LogP contribution in [-0.2, 0) is 20.1 Å². The molecule has 0 radical (unpaired) electrons. The molecule has 21 heavy (non-hydrogen) atoms. The lowest BCUT2D eigenvalue weighted by Crippen LogP contribution is -2.08. The molecule has 0 aliphatic carbocycles. The third-order valence-corrected chi connectivity index (χ3v) is 3.58. The number of nitrogens with zero attached hydrogens (tertiary/aromatic N) is 5. The highest BCUT2D eigenvalue weighted by molar-refractivity contribution is 5.81. The van der Waals surface area contributed by atoms with E-state index in [9.17, 15) is 0 Å². The van der Waals surface area contributed by atoms with Crippen molar-refractivity contribution in [2.75, 3.05) is 5.32 Å². The number of aromatic nitrogens is 5. The predicted molar refractivity (Wildman–Crippen MR) is 83.1 cm³/mol. The molecule has 0 bridgehead atoms. The maximum Gasteiger partial charge on any atom is 0.157 e. The summed E-state index contributed by atoms with van der Waals surface area (Å²) in [6.07, 6.45) is 6.81. The van der Waals surface area contributed by atoms with Crippen molar-refractivity contribution >= 4 is 16.7 Å². The third-order valence-electron chi connectivity index (χ3n) is 3.58. The maximum atomic E-state index is 4.47. The van der Waals surface area contributed by atoms with E-state index in [1.54, 1.807) is 0 Å². The number of rotatable bonds is 5. The first-order chi connectivity index (χ1) is 10.2. The molecular formula is C15H20N6. The minimum Gasteiger partial charge on any atom is -0.377 e. The summed E-state index contributed by atoms with van der Waals surface area (Å²) in [5.74, 6) is 1.04. The number of nitrogens with one attached hydrogen (secondary N) is 1. The molecular weight excluding hydrogens is 264 g/mol. The van der Waals surface area contributed by atoms with Crippen molar-refractivity contribution in [3.05, 3.63) is 36.2 Å². The van der Waals surface area contributed by atoms with Crippen LogP contribution in [0.4, 0.5) is 5.69 Å². The Morgan fingerprint density at radius 3 is 2.95 bits per heavy atom. The highest BCUT2D eigenvalue weighted by Crippen LogP contribution is 2.19. The fourth-order valence-electron chi connectivity index (χ4n) is 2.54. The van der Waals surface area contributed by atoms with E-state index in [0.717, 1.165) is 41.2 Å². The Morgan fingerprint density at radius 2 is 2.14 bits per heavy atom. The van der Waals surface area contributed by atoms with E-state index in [1.165, 1.54) is 0 Å². The number of fused-ring (bicyclic) bond motifs is 1. The van der Waals surface area contributed by atoms with Crippen LogP contribution in [0.1, 0.15) is 24.9 Å². The van der Waals surface area contributed by atoms with E-state index >= 15 is 0 Å². The number of pyridine rings is 1. The lowest BCUT2D eigenvalue weighted by molar-refractivity contribution is 0.644. The zero-order valence-electron chi connectivity index (χ0n) is 12.7. The topological polar surface area (TPSA) is 60.6 Å². The van der Waals surface area contributed by atoms with Crippen LogP contribution < -0.4 is 5.32 Å². The standard InChI is InChI=1S/C15H20N6/c1-4-6-21-7-5-16-14(21)10-17-12-8-13-11(2)19-20(3)15(13)18-9-12/h5,7-9,17H,4,6,10H2,1-3H3. The molecule has 0 atom stereocenters. The van der Waals surface area contributed by atoms with E-state index in [2.05, 4.69) is 37.9 Å². The van der Waals surface area contributed by atoms with Crippen LogP contribution in [0, 0.1) is 6.92 Å². The second kappa shape index (κ2) is 5.55. The van der Waals surface area contributed by atoms with Crippen LogP contribution in [-0.4, -0.2) is 24.3 Å². The van der Waals surface area contributed by atoms with Crippen molar-refractivity contribution < 1.29 is 0 Å². The Labute approximate surface area is 123 Å². The van der Waals surface area contributed by atoms with Gasteiger partial charge < -0.3 is 9.88 Å². The number of imidazole rings is 1. The lowest BCUT2D eigenvalue weighted by Gasteiger charge is -2.08. The molecule has 3 rings (SSSR count). The Balaban J connectivity index is 1.79. The molecule has 0 saturated heterocycles. The quantitative estimate of drug-likeness (QED) is 0.782. The van der Waals surface area contributed by atoms with Crippen molar-refractivity contribution in [2.45, 2.75) is 33.4 Å². The normalized spacial score (nSPS) is 11.2. The van der Waals surface area contributed by atoms with Gasteiger partial charge in [-0.2, -0.15) is 5.10 Å². The Bertz CT molecular complexity index is 755. The third kappa shape index (κ3) is 2.61. The van der Waals surface area contributed by atoms with E-state index < -0.39 is 0 Å². The van der Waals surface area contributed by atoms with E-state index in [0.29, 0.717) is 6.54 Å². The molecule has 3 aromatic rings. The van der Waals surface area contributed by atoms with Gasteiger partial charge in [-0.3, -0.25) is 4.68 Å². The smallest absolute Gasteiger partial charge is 0.157 e. The van der Waals surface area contributed by atoms with Gasteiger partial charge in [0.05, 0.1) is 24.1 Å². The average molecular weight is 284 g/mol. The molecule has 3 heterocycles. The summed E-state index contributed by atoms with van der Waals surface area (Å²) >= 11 is 0. The van der Waals surface area contributed by atoms with Gasteiger partial charge in [0.2, 0.25) is 0 Å². The van der Waals surface area contributed by atoms with Crippen LogP contribution in [0.15, 0.2) is 24.7 Å². The van der Waals surface area contributed by atoms with Crippen molar-refractivity contribution in [3.8, 4) is 0 Å². The first kappa shape index (κ1) is 13.6. The molecule has 1 N–H and O–H groups in total. The minimum atomic E-state index is 0.694. The molecule has 0 amide bonds. The largest absolute Gasteiger partial charge is 0.377 e.